The highest BCUT2D eigenvalue weighted by molar-refractivity contribution is 4.98. The van der Waals surface area contributed by atoms with Crippen molar-refractivity contribution in [2.24, 2.45) is 11.7 Å². The second kappa shape index (κ2) is 7.24. The molecule has 0 spiro atoms. The summed E-state index contributed by atoms with van der Waals surface area (Å²) in [4.78, 5) is 2.64. The van der Waals surface area contributed by atoms with E-state index in [4.69, 9.17) is 10.5 Å². The summed E-state index contributed by atoms with van der Waals surface area (Å²) >= 11 is 0. The molecule has 2 unspecified atom stereocenters. The Morgan fingerprint density at radius 1 is 1.15 bits per heavy atom. The lowest BCUT2D eigenvalue weighted by Gasteiger charge is -2.50. The molecule has 20 heavy (non-hydrogen) atoms. The Hall–Kier alpha value is -0.120. The largest absolute Gasteiger partial charge is 0.378 e. The van der Waals surface area contributed by atoms with E-state index in [9.17, 15) is 0 Å². The molecule has 118 valence electrons. The Bertz CT molecular complexity index is 289. The lowest BCUT2D eigenvalue weighted by molar-refractivity contribution is -0.0808. The average Bonchev–Trinajstić information content (AvgIpc) is 2.54. The normalized spacial score (nSPS) is 39.1. The molecule has 1 saturated heterocycles. The van der Waals surface area contributed by atoms with Crippen LogP contribution in [0.5, 0.6) is 0 Å². The van der Waals surface area contributed by atoms with Crippen LogP contribution in [0, 0.1) is 5.92 Å². The standard InChI is InChI=1S/C17H34N2O/c1-4-14-6-8-15(9-7-14)19(3)17(13-18)10-11-20-16(5-2)12-17/h14-16H,4-13,18H2,1-3H3. The molecule has 0 bridgehead atoms. The molecule has 0 aromatic rings. The summed E-state index contributed by atoms with van der Waals surface area (Å²) in [5.41, 5.74) is 6.40. The third-order valence-corrected chi connectivity index (χ3v) is 6.05. The predicted molar refractivity (Wildman–Crippen MR) is 84.9 cm³/mol. The van der Waals surface area contributed by atoms with E-state index in [1.54, 1.807) is 0 Å². The molecule has 1 heterocycles. The zero-order valence-corrected chi connectivity index (χ0v) is 13.7. The van der Waals surface area contributed by atoms with Gasteiger partial charge in [0.2, 0.25) is 0 Å². The van der Waals surface area contributed by atoms with Gasteiger partial charge in [0, 0.05) is 24.7 Å². The van der Waals surface area contributed by atoms with E-state index < -0.39 is 0 Å². The Kier molecular flexibility index (Phi) is 5.88. The summed E-state index contributed by atoms with van der Waals surface area (Å²) in [7, 11) is 2.32. The van der Waals surface area contributed by atoms with Crippen LogP contribution in [-0.4, -0.2) is 42.8 Å². The van der Waals surface area contributed by atoms with Crippen LogP contribution < -0.4 is 5.73 Å². The van der Waals surface area contributed by atoms with Crippen LogP contribution in [0.2, 0.25) is 0 Å². The fourth-order valence-electron chi connectivity index (χ4n) is 4.24. The van der Waals surface area contributed by atoms with Crippen molar-refractivity contribution in [1.29, 1.82) is 0 Å². The third kappa shape index (κ3) is 3.37. The van der Waals surface area contributed by atoms with Crippen molar-refractivity contribution in [2.45, 2.75) is 82.9 Å². The third-order valence-electron chi connectivity index (χ3n) is 6.05. The highest BCUT2D eigenvalue weighted by Crippen LogP contribution is 2.37. The maximum Gasteiger partial charge on any atom is 0.0590 e. The van der Waals surface area contributed by atoms with Crippen LogP contribution in [0.4, 0.5) is 0 Å². The zero-order chi connectivity index (χ0) is 14.6. The van der Waals surface area contributed by atoms with Gasteiger partial charge in [-0.15, -0.1) is 0 Å². The molecule has 0 aromatic heterocycles. The van der Waals surface area contributed by atoms with Crippen LogP contribution in [0.25, 0.3) is 0 Å². The van der Waals surface area contributed by atoms with Crippen molar-refractivity contribution in [3.8, 4) is 0 Å². The molecule has 0 aromatic carbocycles. The minimum Gasteiger partial charge on any atom is -0.378 e. The summed E-state index contributed by atoms with van der Waals surface area (Å²) < 4.78 is 5.87. The van der Waals surface area contributed by atoms with Crippen molar-refractivity contribution in [3.05, 3.63) is 0 Å². The lowest BCUT2D eigenvalue weighted by atomic mass is 9.79. The molecule has 1 aliphatic carbocycles. The van der Waals surface area contributed by atoms with Crippen LogP contribution in [0.3, 0.4) is 0 Å². The van der Waals surface area contributed by atoms with E-state index in [1.807, 2.05) is 0 Å². The number of hydrogen-bond donors (Lipinski definition) is 1. The number of nitrogens with two attached hydrogens (primary N) is 1. The van der Waals surface area contributed by atoms with Gasteiger partial charge in [0.1, 0.15) is 0 Å². The Labute approximate surface area is 125 Å². The van der Waals surface area contributed by atoms with E-state index >= 15 is 0 Å². The average molecular weight is 282 g/mol. The number of nitrogens with zero attached hydrogens (tertiary/aromatic N) is 1. The Balaban J connectivity index is 1.99. The predicted octanol–water partition coefficient (Wildman–Crippen LogP) is 3.17. The number of rotatable bonds is 5. The van der Waals surface area contributed by atoms with Crippen molar-refractivity contribution in [3.63, 3.8) is 0 Å². The monoisotopic (exact) mass is 282 g/mol. The first-order valence-electron chi connectivity index (χ1n) is 8.69. The summed E-state index contributed by atoms with van der Waals surface area (Å²) in [6, 6.07) is 0.733. The molecule has 2 fully saturated rings. The molecule has 3 heteroatoms. The maximum atomic E-state index is 6.22. The molecule has 0 amide bonds. The second-order valence-electron chi connectivity index (χ2n) is 6.98. The van der Waals surface area contributed by atoms with Gasteiger partial charge < -0.3 is 10.5 Å². The molecule has 2 rings (SSSR count). The highest BCUT2D eigenvalue weighted by atomic mass is 16.5. The smallest absolute Gasteiger partial charge is 0.0590 e. The Morgan fingerprint density at radius 2 is 1.85 bits per heavy atom. The minimum atomic E-state index is 0.183. The first-order chi connectivity index (χ1) is 9.65. The van der Waals surface area contributed by atoms with E-state index in [0.29, 0.717) is 6.10 Å². The van der Waals surface area contributed by atoms with Gasteiger partial charge in [-0.3, -0.25) is 4.90 Å². The van der Waals surface area contributed by atoms with E-state index in [0.717, 1.165) is 44.4 Å². The SMILES string of the molecule is CCC1CCC(N(C)C2(CN)CCOC(CC)C2)CC1. The second-order valence-corrected chi connectivity index (χ2v) is 6.98. The molecule has 0 radical (unpaired) electrons. The first-order valence-corrected chi connectivity index (χ1v) is 8.69. The molecule has 2 atom stereocenters. The molecular formula is C17H34N2O. The fraction of sp³-hybridized carbons (Fsp3) is 1.00. The van der Waals surface area contributed by atoms with Gasteiger partial charge in [0.05, 0.1) is 6.10 Å². The quantitative estimate of drug-likeness (QED) is 0.841. The number of likely N-dealkylation sites (N-methyl/N-ethyl adjacent to an activating group) is 1. The van der Waals surface area contributed by atoms with Gasteiger partial charge >= 0.3 is 0 Å². The van der Waals surface area contributed by atoms with Gasteiger partial charge in [0.25, 0.3) is 0 Å². The zero-order valence-electron chi connectivity index (χ0n) is 13.7. The van der Waals surface area contributed by atoms with E-state index in [-0.39, 0.29) is 5.54 Å². The van der Waals surface area contributed by atoms with Gasteiger partial charge in [-0.2, -0.15) is 0 Å². The van der Waals surface area contributed by atoms with Crippen LogP contribution in [0.1, 0.15) is 65.2 Å². The van der Waals surface area contributed by atoms with E-state index in [1.165, 1.54) is 32.1 Å². The van der Waals surface area contributed by atoms with Gasteiger partial charge in [0.15, 0.2) is 0 Å². The van der Waals surface area contributed by atoms with Crippen molar-refractivity contribution >= 4 is 0 Å². The first kappa shape index (κ1) is 16.3. The van der Waals surface area contributed by atoms with Crippen molar-refractivity contribution < 1.29 is 4.74 Å². The van der Waals surface area contributed by atoms with Crippen LogP contribution in [0.15, 0.2) is 0 Å². The summed E-state index contributed by atoms with van der Waals surface area (Å²) in [5.74, 6) is 0.964. The van der Waals surface area contributed by atoms with Crippen LogP contribution in [-0.2, 0) is 4.74 Å². The van der Waals surface area contributed by atoms with Crippen LogP contribution >= 0.6 is 0 Å². The topological polar surface area (TPSA) is 38.5 Å². The molecule has 1 aliphatic heterocycles. The van der Waals surface area contributed by atoms with Crippen molar-refractivity contribution in [2.75, 3.05) is 20.2 Å². The molecule has 2 aliphatic rings. The number of ether oxygens (including phenoxy) is 1. The molecule has 1 saturated carbocycles. The molecule has 3 nitrogen and oxygen atoms in total. The lowest BCUT2D eigenvalue weighted by Crippen LogP contribution is -2.60. The van der Waals surface area contributed by atoms with Gasteiger partial charge in [-0.25, -0.2) is 0 Å². The number of hydrogen-bond acceptors (Lipinski definition) is 3. The summed E-state index contributed by atoms with van der Waals surface area (Å²) in [6.07, 6.45) is 10.6. The molecule has 2 N–H and O–H groups in total. The Morgan fingerprint density at radius 3 is 2.40 bits per heavy atom. The fourth-order valence-corrected chi connectivity index (χ4v) is 4.24. The van der Waals surface area contributed by atoms with Gasteiger partial charge in [-0.05, 0) is 57.9 Å². The van der Waals surface area contributed by atoms with Crippen molar-refractivity contribution in [1.82, 2.24) is 4.90 Å². The van der Waals surface area contributed by atoms with Gasteiger partial charge in [-0.1, -0.05) is 20.3 Å². The van der Waals surface area contributed by atoms with E-state index in [2.05, 4.69) is 25.8 Å². The summed E-state index contributed by atoms with van der Waals surface area (Å²) in [5, 5.41) is 0. The molecular weight excluding hydrogens is 248 g/mol. The minimum absolute atomic E-state index is 0.183. The highest BCUT2D eigenvalue weighted by Gasteiger charge is 2.41. The summed E-state index contributed by atoms with van der Waals surface area (Å²) in [6.45, 7) is 6.21. The maximum absolute atomic E-state index is 6.22.